The lowest BCUT2D eigenvalue weighted by Crippen LogP contribution is -2.19. The average molecular weight is 249 g/mol. The first-order valence-corrected chi connectivity index (χ1v) is 5.52. The van der Waals surface area contributed by atoms with Crippen LogP contribution in [0.3, 0.4) is 0 Å². The van der Waals surface area contributed by atoms with E-state index in [1.807, 2.05) is 0 Å². The SMILES string of the molecule is CSc1cc(Cl)[nH]c(=O)c1COC(N)=O. The number of hydrogen-bond donors (Lipinski definition) is 2. The molecule has 0 saturated carbocycles. The predicted molar refractivity (Wildman–Crippen MR) is 58.2 cm³/mol. The summed E-state index contributed by atoms with van der Waals surface area (Å²) in [6, 6.07) is 1.59. The number of carbonyl (C=O) groups excluding carboxylic acids is 1. The number of primary amides is 1. The molecule has 5 nitrogen and oxygen atoms in total. The highest BCUT2D eigenvalue weighted by Gasteiger charge is 2.09. The van der Waals surface area contributed by atoms with Crippen LogP contribution in [0, 0.1) is 0 Å². The van der Waals surface area contributed by atoms with Gasteiger partial charge in [-0.15, -0.1) is 11.8 Å². The van der Waals surface area contributed by atoms with E-state index in [9.17, 15) is 9.59 Å². The van der Waals surface area contributed by atoms with E-state index < -0.39 is 6.09 Å². The maximum absolute atomic E-state index is 11.4. The summed E-state index contributed by atoms with van der Waals surface area (Å²) in [4.78, 5) is 24.9. The van der Waals surface area contributed by atoms with Crippen molar-refractivity contribution in [2.24, 2.45) is 5.73 Å². The highest BCUT2D eigenvalue weighted by molar-refractivity contribution is 7.98. The molecule has 0 unspecified atom stereocenters. The van der Waals surface area contributed by atoms with Gasteiger partial charge in [0.25, 0.3) is 5.56 Å². The van der Waals surface area contributed by atoms with Crippen LogP contribution in [0.15, 0.2) is 15.8 Å². The van der Waals surface area contributed by atoms with Crippen LogP contribution >= 0.6 is 23.4 Å². The molecule has 0 radical (unpaired) electrons. The fourth-order valence-corrected chi connectivity index (χ4v) is 1.89. The van der Waals surface area contributed by atoms with Gasteiger partial charge in [-0.1, -0.05) is 11.6 Å². The number of aromatic nitrogens is 1. The van der Waals surface area contributed by atoms with E-state index in [4.69, 9.17) is 17.3 Å². The summed E-state index contributed by atoms with van der Waals surface area (Å²) in [6.45, 7) is -0.155. The number of H-pyrrole nitrogens is 1. The maximum Gasteiger partial charge on any atom is 0.404 e. The zero-order valence-electron chi connectivity index (χ0n) is 7.87. The van der Waals surface area contributed by atoms with Crippen molar-refractivity contribution in [2.75, 3.05) is 6.26 Å². The highest BCUT2D eigenvalue weighted by atomic mass is 35.5. The number of thioether (sulfide) groups is 1. The van der Waals surface area contributed by atoms with Crippen LogP contribution in [0.25, 0.3) is 0 Å². The van der Waals surface area contributed by atoms with Crippen molar-refractivity contribution in [2.45, 2.75) is 11.5 Å². The second-order valence-electron chi connectivity index (χ2n) is 2.60. The molecule has 7 heteroatoms. The summed E-state index contributed by atoms with van der Waals surface area (Å²) < 4.78 is 4.55. The predicted octanol–water partition coefficient (Wildman–Crippen LogP) is 1.35. The zero-order valence-corrected chi connectivity index (χ0v) is 9.45. The molecule has 0 spiro atoms. The molecule has 0 fully saturated rings. The van der Waals surface area contributed by atoms with E-state index in [1.165, 1.54) is 11.8 Å². The van der Waals surface area contributed by atoms with Gasteiger partial charge in [0, 0.05) is 4.90 Å². The van der Waals surface area contributed by atoms with Crippen molar-refractivity contribution in [1.29, 1.82) is 0 Å². The van der Waals surface area contributed by atoms with E-state index in [-0.39, 0.29) is 17.3 Å². The number of hydrogen-bond acceptors (Lipinski definition) is 4. The molecule has 15 heavy (non-hydrogen) atoms. The number of rotatable bonds is 3. The second kappa shape index (κ2) is 5.09. The summed E-state index contributed by atoms with van der Waals surface area (Å²) in [5, 5.41) is 0.243. The molecule has 1 amide bonds. The minimum atomic E-state index is -0.920. The fourth-order valence-electron chi connectivity index (χ4n) is 0.996. The van der Waals surface area contributed by atoms with Gasteiger partial charge in [0.1, 0.15) is 11.8 Å². The lowest BCUT2D eigenvalue weighted by molar-refractivity contribution is 0.149. The van der Waals surface area contributed by atoms with Crippen molar-refractivity contribution >= 4 is 29.5 Å². The molecule has 3 N–H and O–H groups in total. The number of nitrogens with two attached hydrogens (primary N) is 1. The summed E-state index contributed by atoms with van der Waals surface area (Å²) >= 11 is 7.00. The Hall–Kier alpha value is -1.14. The topological polar surface area (TPSA) is 85.2 Å². The molecular weight excluding hydrogens is 240 g/mol. The largest absolute Gasteiger partial charge is 0.445 e. The Labute approximate surface area is 94.9 Å². The molecule has 1 heterocycles. The van der Waals surface area contributed by atoms with Gasteiger partial charge in [-0.25, -0.2) is 4.79 Å². The summed E-state index contributed by atoms with van der Waals surface area (Å²) in [6.07, 6.45) is 0.871. The molecule has 1 rings (SSSR count). The van der Waals surface area contributed by atoms with E-state index >= 15 is 0 Å². The molecule has 82 valence electrons. The number of halogens is 1. The van der Waals surface area contributed by atoms with Gasteiger partial charge in [0.15, 0.2) is 0 Å². The lowest BCUT2D eigenvalue weighted by atomic mass is 10.3. The van der Waals surface area contributed by atoms with Crippen LogP contribution in [-0.2, 0) is 11.3 Å². The number of nitrogens with one attached hydrogen (secondary N) is 1. The van der Waals surface area contributed by atoms with Gasteiger partial charge in [-0.2, -0.15) is 0 Å². The Bertz CT molecular complexity index is 432. The Balaban J connectivity index is 3.04. The Morgan fingerprint density at radius 2 is 2.40 bits per heavy atom. The van der Waals surface area contributed by atoms with Crippen LogP contribution in [0.2, 0.25) is 5.15 Å². The molecule has 0 bridgehead atoms. The first kappa shape index (κ1) is 11.9. The third-order valence-corrected chi connectivity index (χ3v) is 2.65. The van der Waals surface area contributed by atoms with Gasteiger partial charge in [-0.3, -0.25) is 4.79 Å². The Kier molecular flexibility index (Phi) is 4.05. The molecule has 1 aromatic rings. The van der Waals surface area contributed by atoms with E-state index in [0.717, 1.165) is 0 Å². The van der Waals surface area contributed by atoms with Gasteiger partial charge < -0.3 is 15.5 Å². The number of amides is 1. The Morgan fingerprint density at radius 1 is 1.73 bits per heavy atom. The third kappa shape index (κ3) is 3.17. The van der Waals surface area contributed by atoms with Gasteiger partial charge in [-0.05, 0) is 12.3 Å². The minimum absolute atomic E-state index is 0.155. The van der Waals surface area contributed by atoms with Crippen molar-refractivity contribution in [3.63, 3.8) is 0 Å². The van der Waals surface area contributed by atoms with Crippen LogP contribution in [-0.4, -0.2) is 17.3 Å². The van der Waals surface area contributed by atoms with Crippen LogP contribution in [0.1, 0.15) is 5.56 Å². The normalized spacial score (nSPS) is 10.0. The molecule has 0 aliphatic carbocycles. The molecular formula is C8H9ClN2O3S. The second-order valence-corrected chi connectivity index (χ2v) is 3.86. The Morgan fingerprint density at radius 3 is 2.93 bits per heavy atom. The minimum Gasteiger partial charge on any atom is -0.445 e. The quantitative estimate of drug-likeness (QED) is 0.625. The zero-order chi connectivity index (χ0) is 11.4. The number of pyridine rings is 1. The molecule has 0 aliphatic heterocycles. The summed E-state index contributed by atoms with van der Waals surface area (Å²) in [5.41, 5.74) is 4.76. The maximum atomic E-state index is 11.4. The monoisotopic (exact) mass is 248 g/mol. The molecule has 0 aromatic carbocycles. The average Bonchev–Trinajstić information content (AvgIpc) is 2.14. The van der Waals surface area contributed by atoms with Crippen molar-refractivity contribution in [3.05, 3.63) is 27.1 Å². The van der Waals surface area contributed by atoms with Crippen LogP contribution in [0.5, 0.6) is 0 Å². The van der Waals surface area contributed by atoms with Crippen LogP contribution in [0.4, 0.5) is 4.79 Å². The molecule has 0 atom stereocenters. The van der Waals surface area contributed by atoms with Crippen molar-refractivity contribution in [3.8, 4) is 0 Å². The molecule has 0 aliphatic rings. The molecule has 0 saturated heterocycles. The van der Waals surface area contributed by atoms with E-state index in [1.54, 1.807) is 12.3 Å². The highest BCUT2D eigenvalue weighted by Crippen LogP contribution is 2.20. The fraction of sp³-hybridized carbons (Fsp3) is 0.250. The van der Waals surface area contributed by atoms with Crippen LogP contribution < -0.4 is 11.3 Å². The standard InChI is InChI=1S/C8H9ClN2O3S/c1-15-5-2-6(9)11-7(12)4(5)3-14-8(10)13/h2H,3H2,1H3,(H2,10,13)(H,11,12). The van der Waals surface area contributed by atoms with E-state index in [0.29, 0.717) is 10.5 Å². The smallest absolute Gasteiger partial charge is 0.404 e. The van der Waals surface area contributed by atoms with Gasteiger partial charge >= 0.3 is 6.09 Å². The first-order chi connectivity index (χ1) is 7.04. The van der Waals surface area contributed by atoms with Gasteiger partial charge in [0.05, 0.1) is 5.56 Å². The van der Waals surface area contributed by atoms with E-state index in [2.05, 4.69) is 9.72 Å². The summed E-state index contributed by atoms with van der Waals surface area (Å²) in [7, 11) is 0. The van der Waals surface area contributed by atoms with Crippen molar-refractivity contribution < 1.29 is 9.53 Å². The number of aromatic amines is 1. The first-order valence-electron chi connectivity index (χ1n) is 3.92. The summed E-state index contributed by atoms with van der Waals surface area (Å²) in [5.74, 6) is 0. The van der Waals surface area contributed by atoms with Gasteiger partial charge in [0.2, 0.25) is 0 Å². The number of carbonyl (C=O) groups is 1. The third-order valence-electron chi connectivity index (χ3n) is 1.64. The number of ether oxygens (including phenoxy) is 1. The molecule has 1 aromatic heterocycles. The van der Waals surface area contributed by atoms with Crippen molar-refractivity contribution in [1.82, 2.24) is 4.98 Å². The lowest BCUT2D eigenvalue weighted by Gasteiger charge is -2.06.